The van der Waals surface area contributed by atoms with Crippen LogP contribution < -0.4 is 0 Å². The second kappa shape index (κ2) is 3.55. The quantitative estimate of drug-likeness (QED) is 0.606. The van der Waals surface area contributed by atoms with Crippen molar-refractivity contribution in [1.29, 1.82) is 0 Å². The lowest BCUT2D eigenvalue weighted by Gasteiger charge is -2.15. The van der Waals surface area contributed by atoms with E-state index in [1.54, 1.807) is 0 Å². The van der Waals surface area contributed by atoms with Crippen molar-refractivity contribution in [3.63, 3.8) is 0 Å². The van der Waals surface area contributed by atoms with E-state index < -0.39 is 0 Å². The van der Waals surface area contributed by atoms with Gasteiger partial charge >= 0.3 is 0 Å². The van der Waals surface area contributed by atoms with Crippen LogP contribution in [0.15, 0.2) is 0 Å². The summed E-state index contributed by atoms with van der Waals surface area (Å²) in [6.07, 6.45) is 7.35. The first-order valence-corrected chi connectivity index (χ1v) is 4.68. The first-order chi connectivity index (χ1) is 5.45. The highest BCUT2D eigenvalue weighted by atomic mass is 16.5. The molecular weight excluding hydrogens is 140 g/mol. The molecule has 0 radical (unpaired) electrons. The predicted octanol–water partition coefficient (Wildman–Crippen LogP) is 1.73. The van der Waals surface area contributed by atoms with Gasteiger partial charge in [-0.1, -0.05) is 12.8 Å². The fraction of sp³-hybridized carbons (Fsp3) is 1.00. The molecule has 0 amide bonds. The molecule has 2 aliphatic rings. The summed E-state index contributed by atoms with van der Waals surface area (Å²) in [5.41, 5.74) is 0. The van der Waals surface area contributed by atoms with Gasteiger partial charge in [0.1, 0.15) is 0 Å². The molecule has 0 N–H and O–H groups in total. The van der Waals surface area contributed by atoms with Gasteiger partial charge in [-0.2, -0.15) is 0 Å². The Morgan fingerprint density at radius 2 is 1.82 bits per heavy atom. The molecule has 1 saturated carbocycles. The third-order valence-corrected chi connectivity index (χ3v) is 2.58. The van der Waals surface area contributed by atoms with Gasteiger partial charge in [0.25, 0.3) is 0 Å². The van der Waals surface area contributed by atoms with Crippen LogP contribution in [0.1, 0.15) is 32.1 Å². The first-order valence-electron chi connectivity index (χ1n) is 4.68. The van der Waals surface area contributed by atoms with Crippen molar-refractivity contribution < 1.29 is 9.47 Å². The van der Waals surface area contributed by atoms with Crippen molar-refractivity contribution in [3.8, 4) is 0 Å². The van der Waals surface area contributed by atoms with E-state index in [-0.39, 0.29) is 0 Å². The molecule has 0 aromatic heterocycles. The zero-order valence-corrected chi connectivity index (χ0v) is 6.92. The highest BCUT2D eigenvalue weighted by Gasteiger charge is 2.23. The SMILES string of the molecule is C1CCC(OC2CCOC2)C1. The van der Waals surface area contributed by atoms with E-state index in [2.05, 4.69) is 0 Å². The Bertz CT molecular complexity index is 98.7. The van der Waals surface area contributed by atoms with Gasteiger partial charge in [0, 0.05) is 6.61 Å². The molecule has 0 spiro atoms. The van der Waals surface area contributed by atoms with Crippen LogP contribution in [-0.2, 0) is 9.47 Å². The Morgan fingerprint density at radius 1 is 1.00 bits per heavy atom. The Morgan fingerprint density at radius 3 is 2.45 bits per heavy atom. The van der Waals surface area contributed by atoms with Gasteiger partial charge in [-0.15, -0.1) is 0 Å². The van der Waals surface area contributed by atoms with Crippen LogP contribution in [0.2, 0.25) is 0 Å². The summed E-state index contributed by atoms with van der Waals surface area (Å²) in [6, 6.07) is 0. The summed E-state index contributed by atoms with van der Waals surface area (Å²) < 4.78 is 11.1. The minimum atomic E-state index is 0.415. The third-order valence-electron chi connectivity index (χ3n) is 2.58. The predicted molar refractivity (Wildman–Crippen MR) is 42.6 cm³/mol. The lowest BCUT2D eigenvalue weighted by Crippen LogP contribution is -2.19. The van der Waals surface area contributed by atoms with Crippen molar-refractivity contribution in [3.05, 3.63) is 0 Å². The monoisotopic (exact) mass is 156 g/mol. The van der Waals surface area contributed by atoms with Crippen molar-refractivity contribution in [2.45, 2.75) is 44.3 Å². The van der Waals surface area contributed by atoms with E-state index in [4.69, 9.17) is 9.47 Å². The maximum Gasteiger partial charge on any atom is 0.0834 e. The molecule has 1 saturated heterocycles. The fourth-order valence-corrected chi connectivity index (χ4v) is 1.92. The summed E-state index contributed by atoms with van der Waals surface area (Å²) in [4.78, 5) is 0. The molecule has 11 heavy (non-hydrogen) atoms. The van der Waals surface area contributed by atoms with Crippen molar-refractivity contribution in [2.75, 3.05) is 13.2 Å². The first kappa shape index (κ1) is 7.56. The number of rotatable bonds is 2. The van der Waals surface area contributed by atoms with E-state index in [1.807, 2.05) is 0 Å². The molecule has 1 aliphatic carbocycles. The normalized spacial score (nSPS) is 33.3. The number of ether oxygens (including phenoxy) is 2. The zero-order valence-electron chi connectivity index (χ0n) is 6.92. The molecule has 1 heterocycles. The van der Waals surface area contributed by atoms with Crippen LogP contribution in [0.3, 0.4) is 0 Å². The largest absolute Gasteiger partial charge is 0.379 e. The number of hydrogen-bond donors (Lipinski definition) is 0. The minimum Gasteiger partial charge on any atom is -0.379 e. The van der Waals surface area contributed by atoms with Gasteiger partial charge in [-0.25, -0.2) is 0 Å². The van der Waals surface area contributed by atoms with Crippen molar-refractivity contribution >= 4 is 0 Å². The van der Waals surface area contributed by atoms with E-state index in [1.165, 1.54) is 25.7 Å². The molecule has 2 nitrogen and oxygen atoms in total. The van der Waals surface area contributed by atoms with Crippen LogP contribution in [0.25, 0.3) is 0 Å². The highest BCUT2D eigenvalue weighted by molar-refractivity contribution is 4.71. The van der Waals surface area contributed by atoms with Crippen molar-refractivity contribution in [1.82, 2.24) is 0 Å². The van der Waals surface area contributed by atoms with E-state index >= 15 is 0 Å². The molecule has 0 bridgehead atoms. The standard InChI is InChI=1S/C9H16O2/c1-2-4-8(3-1)11-9-5-6-10-7-9/h8-9H,1-7H2. The fourth-order valence-electron chi connectivity index (χ4n) is 1.92. The molecular formula is C9H16O2. The lowest BCUT2D eigenvalue weighted by molar-refractivity contribution is -0.0116. The maximum atomic E-state index is 5.85. The topological polar surface area (TPSA) is 18.5 Å². The average molecular weight is 156 g/mol. The Labute approximate surface area is 67.9 Å². The third kappa shape index (κ3) is 1.94. The van der Waals surface area contributed by atoms with Crippen LogP contribution in [0.4, 0.5) is 0 Å². The maximum absolute atomic E-state index is 5.85. The minimum absolute atomic E-state index is 0.415. The molecule has 1 unspecified atom stereocenters. The Kier molecular flexibility index (Phi) is 2.44. The van der Waals surface area contributed by atoms with E-state index in [9.17, 15) is 0 Å². The molecule has 1 aliphatic heterocycles. The van der Waals surface area contributed by atoms with Gasteiger partial charge in [0.2, 0.25) is 0 Å². The molecule has 2 fully saturated rings. The Balaban J connectivity index is 1.71. The van der Waals surface area contributed by atoms with Crippen LogP contribution in [-0.4, -0.2) is 25.4 Å². The van der Waals surface area contributed by atoms with Gasteiger partial charge in [0.15, 0.2) is 0 Å². The van der Waals surface area contributed by atoms with E-state index in [0.29, 0.717) is 12.2 Å². The van der Waals surface area contributed by atoms with Gasteiger partial charge < -0.3 is 9.47 Å². The van der Waals surface area contributed by atoms with Gasteiger partial charge in [-0.3, -0.25) is 0 Å². The lowest BCUT2D eigenvalue weighted by atomic mass is 10.2. The summed E-state index contributed by atoms with van der Waals surface area (Å²) in [5.74, 6) is 0. The van der Waals surface area contributed by atoms with Crippen LogP contribution in [0.5, 0.6) is 0 Å². The summed E-state index contributed by atoms with van der Waals surface area (Å²) >= 11 is 0. The average Bonchev–Trinajstić information content (AvgIpc) is 2.60. The zero-order chi connectivity index (χ0) is 7.52. The van der Waals surface area contributed by atoms with Crippen molar-refractivity contribution in [2.24, 2.45) is 0 Å². The van der Waals surface area contributed by atoms with Crippen LogP contribution >= 0.6 is 0 Å². The highest BCUT2D eigenvalue weighted by Crippen LogP contribution is 2.24. The second-order valence-corrected chi connectivity index (χ2v) is 3.53. The molecule has 0 aromatic carbocycles. The second-order valence-electron chi connectivity index (χ2n) is 3.53. The summed E-state index contributed by atoms with van der Waals surface area (Å²) in [7, 11) is 0. The molecule has 1 atom stereocenters. The summed E-state index contributed by atoms with van der Waals surface area (Å²) in [6.45, 7) is 1.73. The van der Waals surface area contributed by atoms with Crippen LogP contribution in [0, 0.1) is 0 Å². The van der Waals surface area contributed by atoms with Gasteiger partial charge in [0.05, 0.1) is 18.8 Å². The molecule has 2 heteroatoms. The van der Waals surface area contributed by atoms with Gasteiger partial charge in [-0.05, 0) is 19.3 Å². The Hall–Kier alpha value is -0.0800. The summed E-state index contributed by atoms with van der Waals surface area (Å²) in [5, 5.41) is 0. The molecule has 0 aromatic rings. The smallest absolute Gasteiger partial charge is 0.0834 e. The molecule has 64 valence electrons. The van der Waals surface area contributed by atoms with E-state index in [0.717, 1.165) is 19.6 Å². The number of hydrogen-bond acceptors (Lipinski definition) is 2. The molecule has 2 rings (SSSR count).